The van der Waals surface area contributed by atoms with Gasteiger partial charge < -0.3 is 15.0 Å². The minimum atomic E-state index is 0.434. The molecule has 0 unspecified atom stereocenters. The Bertz CT molecular complexity index is 607. The molecule has 0 bridgehead atoms. The Morgan fingerprint density at radius 2 is 2.33 bits per heavy atom. The number of ether oxygens (including phenoxy) is 1. The topological polar surface area (TPSA) is 53.1 Å². The molecule has 5 heteroatoms. The van der Waals surface area contributed by atoms with E-state index in [4.69, 9.17) is 10.5 Å². The number of nitrogens with two attached hydrogens (primary N) is 1. The monoisotopic (exact) mass is 307 g/mol. The van der Waals surface area contributed by atoms with Crippen LogP contribution in [0.3, 0.4) is 0 Å². The van der Waals surface area contributed by atoms with Gasteiger partial charge in [0.25, 0.3) is 0 Å². The molecular formula is C13H14BrN3O. The van der Waals surface area contributed by atoms with Crippen LogP contribution >= 0.6 is 15.9 Å². The Balaban J connectivity index is 2.10. The fourth-order valence-electron chi connectivity index (χ4n) is 2.22. The molecule has 0 spiro atoms. The lowest BCUT2D eigenvalue weighted by atomic mass is 10.1. The fraction of sp³-hybridized carbons (Fsp3) is 0.308. The molecule has 0 saturated heterocycles. The van der Waals surface area contributed by atoms with Crippen LogP contribution in [0.5, 0.6) is 5.75 Å². The molecule has 2 aromatic rings. The number of aromatic nitrogens is 2. The number of halogens is 1. The normalized spacial score (nSPS) is 13.5. The molecule has 2 N–H and O–H groups in total. The zero-order valence-electron chi connectivity index (χ0n) is 10.1. The maximum Gasteiger partial charge on any atom is 0.123 e. The van der Waals surface area contributed by atoms with Crippen LogP contribution in [0.25, 0.3) is 11.3 Å². The number of imidazole rings is 1. The minimum Gasteiger partial charge on any atom is -0.493 e. The van der Waals surface area contributed by atoms with Crippen molar-refractivity contribution in [3.8, 4) is 17.0 Å². The molecule has 94 valence electrons. The van der Waals surface area contributed by atoms with Crippen LogP contribution in [0, 0.1) is 0 Å². The highest BCUT2D eigenvalue weighted by molar-refractivity contribution is 9.10. The van der Waals surface area contributed by atoms with Crippen molar-refractivity contribution >= 4 is 15.9 Å². The maximum atomic E-state index is 5.68. The van der Waals surface area contributed by atoms with Gasteiger partial charge in [-0.15, -0.1) is 0 Å². The highest BCUT2D eigenvalue weighted by Gasteiger charge is 2.17. The van der Waals surface area contributed by atoms with Crippen LogP contribution in [0.4, 0.5) is 0 Å². The van der Waals surface area contributed by atoms with E-state index in [1.165, 1.54) is 5.56 Å². The molecule has 2 heterocycles. The number of hydrogen-bond acceptors (Lipinski definition) is 3. The van der Waals surface area contributed by atoms with Crippen molar-refractivity contribution in [3.63, 3.8) is 0 Å². The second-order valence-electron chi connectivity index (χ2n) is 4.35. The first-order valence-corrected chi connectivity index (χ1v) is 6.67. The van der Waals surface area contributed by atoms with Gasteiger partial charge in [-0.1, -0.05) is 0 Å². The first-order valence-electron chi connectivity index (χ1n) is 5.88. The standard InChI is InChI=1S/C13H14BrN3O/c1-17-11(7-15)16-12(13(17)14)9-2-3-10-8(6-9)4-5-18-10/h2-3,6H,4-5,7,15H2,1H3. The Labute approximate surface area is 114 Å². The zero-order valence-corrected chi connectivity index (χ0v) is 11.7. The van der Waals surface area contributed by atoms with Crippen molar-refractivity contribution in [1.82, 2.24) is 9.55 Å². The molecule has 0 fully saturated rings. The summed E-state index contributed by atoms with van der Waals surface area (Å²) >= 11 is 3.57. The lowest BCUT2D eigenvalue weighted by Crippen LogP contribution is -2.04. The van der Waals surface area contributed by atoms with E-state index >= 15 is 0 Å². The first-order chi connectivity index (χ1) is 8.70. The van der Waals surface area contributed by atoms with Gasteiger partial charge in [0, 0.05) is 19.0 Å². The summed E-state index contributed by atoms with van der Waals surface area (Å²) in [7, 11) is 1.96. The highest BCUT2D eigenvalue weighted by atomic mass is 79.9. The summed E-state index contributed by atoms with van der Waals surface area (Å²) in [6, 6.07) is 6.20. The van der Waals surface area contributed by atoms with E-state index < -0.39 is 0 Å². The van der Waals surface area contributed by atoms with Crippen LogP contribution in [0.1, 0.15) is 11.4 Å². The molecule has 0 saturated carbocycles. The summed E-state index contributed by atoms with van der Waals surface area (Å²) in [5, 5.41) is 0. The van der Waals surface area contributed by atoms with Gasteiger partial charge in [0.1, 0.15) is 21.9 Å². The van der Waals surface area contributed by atoms with E-state index in [1.54, 1.807) is 0 Å². The van der Waals surface area contributed by atoms with Crippen molar-refractivity contribution in [2.45, 2.75) is 13.0 Å². The van der Waals surface area contributed by atoms with E-state index in [1.807, 2.05) is 23.7 Å². The molecule has 0 atom stereocenters. The van der Waals surface area contributed by atoms with E-state index in [9.17, 15) is 0 Å². The molecule has 1 aromatic carbocycles. The number of benzene rings is 1. The zero-order chi connectivity index (χ0) is 12.7. The second kappa shape index (κ2) is 4.40. The average molecular weight is 308 g/mol. The quantitative estimate of drug-likeness (QED) is 0.926. The maximum absolute atomic E-state index is 5.68. The van der Waals surface area contributed by atoms with Gasteiger partial charge in [-0.3, -0.25) is 0 Å². The Morgan fingerprint density at radius 3 is 3.06 bits per heavy atom. The first kappa shape index (κ1) is 11.7. The van der Waals surface area contributed by atoms with Gasteiger partial charge in [-0.25, -0.2) is 4.98 Å². The smallest absolute Gasteiger partial charge is 0.123 e. The number of fused-ring (bicyclic) bond motifs is 1. The molecule has 0 radical (unpaired) electrons. The Hall–Kier alpha value is -1.33. The van der Waals surface area contributed by atoms with E-state index in [-0.39, 0.29) is 0 Å². The Morgan fingerprint density at radius 1 is 1.50 bits per heavy atom. The second-order valence-corrected chi connectivity index (χ2v) is 5.10. The predicted octanol–water partition coefficient (Wildman–Crippen LogP) is 2.24. The van der Waals surface area contributed by atoms with Gasteiger partial charge in [-0.2, -0.15) is 0 Å². The Kier molecular flexibility index (Phi) is 2.87. The van der Waals surface area contributed by atoms with E-state index in [2.05, 4.69) is 27.0 Å². The molecule has 18 heavy (non-hydrogen) atoms. The van der Waals surface area contributed by atoms with Crippen molar-refractivity contribution in [2.24, 2.45) is 12.8 Å². The average Bonchev–Trinajstić information content (AvgIpc) is 2.95. The minimum absolute atomic E-state index is 0.434. The largest absolute Gasteiger partial charge is 0.493 e. The van der Waals surface area contributed by atoms with Crippen LogP contribution in [-0.4, -0.2) is 16.2 Å². The van der Waals surface area contributed by atoms with Crippen LogP contribution in [-0.2, 0) is 20.0 Å². The predicted molar refractivity (Wildman–Crippen MR) is 73.4 cm³/mol. The van der Waals surface area contributed by atoms with Gasteiger partial charge in [0.15, 0.2) is 0 Å². The summed E-state index contributed by atoms with van der Waals surface area (Å²) in [5.41, 5.74) is 8.96. The lowest BCUT2D eigenvalue weighted by molar-refractivity contribution is 0.357. The lowest BCUT2D eigenvalue weighted by Gasteiger charge is -2.02. The summed E-state index contributed by atoms with van der Waals surface area (Å²) < 4.78 is 8.44. The van der Waals surface area contributed by atoms with Crippen molar-refractivity contribution in [1.29, 1.82) is 0 Å². The van der Waals surface area contributed by atoms with Gasteiger partial charge in [0.05, 0.1) is 13.2 Å². The SMILES string of the molecule is Cn1c(CN)nc(-c2ccc3c(c2)CCO3)c1Br. The number of nitrogens with zero attached hydrogens (tertiary/aromatic N) is 2. The van der Waals surface area contributed by atoms with Gasteiger partial charge in [0.2, 0.25) is 0 Å². The van der Waals surface area contributed by atoms with E-state index in [0.717, 1.165) is 40.5 Å². The third-order valence-electron chi connectivity index (χ3n) is 3.26. The highest BCUT2D eigenvalue weighted by Crippen LogP contribution is 2.33. The molecule has 4 nitrogen and oxygen atoms in total. The summed E-state index contributed by atoms with van der Waals surface area (Å²) in [5.74, 6) is 1.86. The van der Waals surface area contributed by atoms with E-state index in [0.29, 0.717) is 6.54 Å². The summed E-state index contributed by atoms with van der Waals surface area (Å²) in [4.78, 5) is 4.57. The van der Waals surface area contributed by atoms with Crippen molar-refractivity contribution < 1.29 is 4.74 Å². The third-order valence-corrected chi connectivity index (χ3v) is 4.17. The molecule has 0 aliphatic carbocycles. The van der Waals surface area contributed by atoms with Gasteiger partial charge >= 0.3 is 0 Å². The van der Waals surface area contributed by atoms with Crippen molar-refractivity contribution in [2.75, 3.05) is 6.61 Å². The van der Waals surface area contributed by atoms with Crippen molar-refractivity contribution in [3.05, 3.63) is 34.2 Å². The molecule has 1 aliphatic rings. The van der Waals surface area contributed by atoms with Crippen LogP contribution in [0.2, 0.25) is 0 Å². The van der Waals surface area contributed by atoms with Gasteiger partial charge in [-0.05, 0) is 39.7 Å². The summed E-state index contributed by atoms with van der Waals surface area (Å²) in [6.07, 6.45) is 0.970. The van der Waals surface area contributed by atoms with Crippen LogP contribution in [0.15, 0.2) is 22.8 Å². The number of rotatable bonds is 2. The molecule has 1 aromatic heterocycles. The third kappa shape index (κ3) is 1.74. The molecule has 1 aliphatic heterocycles. The fourth-order valence-corrected chi connectivity index (χ4v) is 2.74. The summed E-state index contributed by atoms with van der Waals surface area (Å²) in [6.45, 7) is 1.21. The molecule has 3 rings (SSSR count). The van der Waals surface area contributed by atoms with Crippen LogP contribution < -0.4 is 10.5 Å². The number of hydrogen-bond donors (Lipinski definition) is 1. The molecule has 0 amide bonds. The molecular weight excluding hydrogens is 294 g/mol.